The fraction of sp³-hybridized carbons (Fsp3) is 0.348. The summed E-state index contributed by atoms with van der Waals surface area (Å²) in [5, 5.41) is 8.77. The Morgan fingerprint density at radius 2 is 1.86 bits per heavy atom. The third-order valence-electron chi connectivity index (χ3n) is 5.81. The van der Waals surface area contributed by atoms with Gasteiger partial charge < -0.3 is 14.6 Å². The average Bonchev–Trinajstić information content (AvgIpc) is 3.41. The first kappa shape index (κ1) is 19.0. The van der Waals surface area contributed by atoms with Crippen LogP contribution in [-0.4, -0.2) is 18.2 Å². The summed E-state index contributed by atoms with van der Waals surface area (Å²) in [4.78, 5) is 0. The molecule has 1 aromatic heterocycles. The lowest BCUT2D eigenvalue weighted by atomic mass is 9.90. The highest BCUT2D eigenvalue weighted by molar-refractivity contribution is 6.39. The van der Waals surface area contributed by atoms with Crippen LogP contribution < -0.4 is 10.1 Å². The van der Waals surface area contributed by atoms with Crippen LogP contribution in [0.2, 0.25) is 10.0 Å². The van der Waals surface area contributed by atoms with E-state index in [0.717, 1.165) is 43.0 Å². The van der Waals surface area contributed by atoms with Crippen LogP contribution in [0.15, 0.2) is 40.9 Å². The number of nitrogens with one attached hydrogen (secondary N) is 1. The number of hydrogen-bond donors (Lipinski definition) is 1. The van der Waals surface area contributed by atoms with Gasteiger partial charge in [0.15, 0.2) is 0 Å². The Labute approximate surface area is 180 Å². The molecule has 0 atom stereocenters. The molecule has 2 aliphatic rings. The van der Waals surface area contributed by atoms with Gasteiger partial charge in [0.25, 0.3) is 0 Å². The number of ether oxygens (including phenoxy) is 1. The number of benzene rings is 2. The van der Waals surface area contributed by atoms with E-state index in [-0.39, 0.29) is 0 Å². The average molecular weight is 429 g/mol. The van der Waals surface area contributed by atoms with E-state index in [9.17, 15) is 0 Å². The van der Waals surface area contributed by atoms with E-state index in [0.29, 0.717) is 39.7 Å². The molecule has 29 heavy (non-hydrogen) atoms. The Kier molecular flexibility index (Phi) is 5.02. The summed E-state index contributed by atoms with van der Waals surface area (Å²) < 4.78 is 11.9. The zero-order valence-corrected chi connectivity index (χ0v) is 17.7. The van der Waals surface area contributed by atoms with Crippen molar-refractivity contribution in [2.24, 2.45) is 0 Å². The second kappa shape index (κ2) is 7.67. The third-order valence-corrected chi connectivity index (χ3v) is 6.44. The normalized spacial score (nSPS) is 16.7. The molecule has 1 N–H and O–H groups in total. The molecule has 150 valence electrons. The van der Waals surface area contributed by atoms with Crippen LogP contribution in [0.4, 0.5) is 0 Å². The van der Waals surface area contributed by atoms with Crippen molar-refractivity contribution in [2.75, 3.05) is 13.1 Å². The number of halogens is 2. The molecule has 0 bridgehead atoms. The maximum Gasteiger partial charge on any atom is 0.147 e. The van der Waals surface area contributed by atoms with Crippen molar-refractivity contribution in [3.8, 4) is 17.0 Å². The van der Waals surface area contributed by atoms with E-state index in [1.54, 1.807) is 0 Å². The van der Waals surface area contributed by atoms with Crippen LogP contribution >= 0.6 is 23.2 Å². The monoisotopic (exact) mass is 428 g/mol. The molecular formula is C23H22Cl2N2O2. The van der Waals surface area contributed by atoms with Gasteiger partial charge in [-0.15, -0.1) is 0 Å². The van der Waals surface area contributed by atoms with E-state index in [2.05, 4.69) is 29.5 Å². The molecule has 0 radical (unpaired) electrons. The highest BCUT2D eigenvalue weighted by Crippen LogP contribution is 2.46. The topological polar surface area (TPSA) is 47.3 Å². The number of nitrogens with zero attached hydrogens (tertiary/aromatic N) is 1. The third kappa shape index (κ3) is 3.65. The predicted octanol–water partition coefficient (Wildman–Crippen LogP) is 6.10. The van der Waals surface area contributed by atoms with Gasteiger partial charge in [-0.3, -0.25) is 0 Å². The van der Waals surface area contributed by atoms with Gasteiger partial charge in [-0.1, -0.05) is 40.5 Å². The Balaban J connectivity index is 1.44. The Bertz CT molecular complexity index is 1030. The number of rotatable bonds is 6. The summed E-state index contributed by atoms with van der Waals surface area (Å²) in [6, 6.07) is 11.8. The molecule has 2 fully saturated rings. The molecule has 1 aliphatic heterocycles. The van der Waals surface area contributed by atoms with Gasteiger partial charge in [-0.2, -0.15) is 0 Å². The van der Waals surface area contributed by atoms with E-state index >= 15 is 0 Å². The summed E-state index contributed by atoms with van der Waals surface area (Å²) in [5.41, 5.74) is 4.97. The lowest BCUT2D eigenvalue weighted by Gasteiger charge is -2.29. The summed E-state index contributed by atoms with van der Waals surface area (Å²) in [6.07, 6.45) is 2.22. The first-order valence-electron chi connectivity index (χ1n) is 9.98. The maximum absolute atomic E-state index is 6.43. The minimum absolute atomic E-state index is 0.371. The number of aryl methyl sites for hydroxylation is 1. The first-order chi connectivity index (χ1) is 14.1. The quantitative estimate of drug-likeness (QED) is 0.514. The molecule has 2 heterocycles. The molecule has 1 saturated carbocycles. The van der Waals surface area contributed by atoms with Crippen molar-refractivity contribution in [1.82, 2.24) is 10.5 Å². The standard InChI is InChI=1S/C23H22Cl2N2O2/c1-13-9-16(7-8-17(13)15-10-26-11-15)28-12-18-22(27-29-23(18)14-5-6-14)21-19(24)3-2-4-20(21)25/h2-4,7-9,14-15,26H,5-6,10-12H2,1H3. The van der Waals surface area contributed by atoms with Gasteiger partial charge in [0.1, 0.15) is 23.8 Å². The van der Waals surface area contributed by atoms with E-state index in [1.165, 1.54) is 11.1 Å². The molecule has 0 unspecified atom stereocenters. The SMILES string of the molecule is Cc1cc(OCc2c(-c3c(Cl)cccc3Cl)noc2C2CC2)ccc1C1CNC1. The first-order valence-corrected chi connectivity index (χ1v) is 10.7. The van der Waals surface area contributed by atoms with Gasteiger partial charge in [0.2, 0.25) is 0 Å². The molecule has 1 saturated heterocycles. The summed E-state index contributed by atoms with van der Waals surface area (Å²) in [7, 11) is 0. The lowest BCUT2D eigenvalue weighted by Crippen LogP contribution is -2.40. The van der Waals surface area contributed by atoms with Gasteiger partial charge in [0.05, 0.1) is 15.6 Å². The molecule has 6 heteroatoms. The number of hydrogen-bond acceptors (Lipinski definition) is 4. The fourth-order valence-electron chi connectivity index (χ4n) is 3.91. The largest absolute Gasteiger partial charge is 0.489 e. The predicted molar refractivity (Wildman–Crippen MR) is 115 cm³/mol. The molecule has 1 aliphatic carbocycles. The second-order valence-electron chi connectivity index (χ2n) is 7.91. The highest BCUT2D eigenvalue weighted by Gasteiger charge is 2.33. The minimum Gasteiger partial charge on any atom is -0.489 e. The lowest BCUT2D eigenvalue weighted by molar-refractivity contribution is 0.300. The molecule has 3 aromatic rings. The van der Waals surface area contributed by atoms with Crippen LogP contribution in [0.1, 0.15) is 47.1 Å². The maximum atomic E-state index is 6.43. The van der Waals surface area contributed by atoms with Gasteiger partial charge in [-0.05, 0) is 55.2 Å². The Morgan fingerprint density at radius 3 is 2.48 bits per heavy atom. The van der Waals surface area contributed by atoms with Crippen LogP contribution in [0, 0.1) is 6.92 Å². The summed E-state index contributed by atoms with van der Waals surface area (Å²) in [6.45, 7) is 4.61. The fourth-order valence-corrected chi connectivity index (χ4v) is 4.48. The molecule has 2 aromatic carbocycles. The van der Waals surface area contributed by atoms with Crippen LogP contribution in [0.5, 0.6) is 5.75 Å². The second-order valence-corrected chi connectivity index (χ2v) is 8.72. The van der Waals surface area contributed by atoms with Crippen molar-refractivity contribution in [2.45, 2.75) is 38.2 Å². The van der Waals surface area contributed by atoms with Crippen LogP contribution in [-0.2, 0) is 6.61 Å². The van der Waals surface area contributed by atoms with Gasteiger partial charge in [-0.25, -0.2) is 0 Å². The van der Waals surface area contributed by atoms with Crippen molar-refractivity contribution in [3.63, 3.8) is 0 Å². The smallest absolute Gasteiger partial charge is 0.147 e. The van der Waals surface area contributed by atoms with Crippen LogP contribution in [0.25, 0.3) is 11.3 Å². The molecule has 0 amide bonds. The van der Waals surface area contributed by atoms with Crippen molar-refractivity contribution >= 4 is 23.2 Å². The van der Waals surface area contributed by atoms with Crippen LogP contribution in [0.3, 0.4) is 0 Å². The molecular weight excluding hydrogens is 407 g/mol. The van der Waals surface area contributed by atoms with Gasteiger partial charge in [0, 0.05) is 30.5 Å². The number of aromatic nitrogens is 1. The minimum atomic E-state index is 0.371. The van der Waals surface area contributed by atoms with Crippen molar-refractivity contribution in [3.05, 3.63) is 68.9 Å². The molecule has 0 spiro atoms. The summed E-state index contributed by atoms with van der Waals surface area (Å²) in [5.74, 6) is 2.76. The van der Waals surface area contributed by atoms with Crippen molar-refractivity contribution < 1.29 is 9.26 Å². The summed E-state index contributed by atoms with van der Waals surface area (Å²) >= 11 is 12.9. The highest BCUT2D eigenvalue weighted by atomic mass is 35.5. The molecule has 4 nitrogen and oxygen atoms in total. The van der Waals surface area contributed by atoms with E-state index in [4.69, 9.17) is 32.5 Å². The van der Waals surface area contributed by atoms with Gasteiger partial charge >= 0.3 is 0 Å². The zero-order chi connectivity index (χ0) is 20.0. The van der Waals surface area contributed by atoms with E-state index in [1.807, 2.05) is 24.3 Å². The Hall–Kier alpha value is -2.01. The van der Waals surface area contributed by atoms with E-state index < -0.39 is 0 Å². The molecule has 5 rings (SSSR count). The Morgan fingerprint density at radius 1 is 1.10 bits per heavy atom. The van der Waals surface area contributed by atoms with Crippen molar-refractivity contribution in [1.29, 1.82) is 0 Å². The zero-order valence-electron chi connectivity index (χ0n) is 16.2.